The highest BCUT2D eigenvalue weighted by atomic mass is 16.5. The van der Waals surface area contributed by atoms with Crippen LogP contribution in [0, 0.1) is 0 Å². The molecule has 0 fully saturated rings. The number of nitrogens with zero attached hydrogens (tertiary/aromatic N) is 1. The Morgan fingerprint density at radius 1 is 0.968 bits per heavy atom. The molecule has 1 heterocycles. The number of hydrogen-bond acceptors (Lipinski definition) is 4. The van der Waals surface area contributed by atoms with Gasteiger partial charge in [0.15, 0.2) is 0 Å². The third-order valence-corrected chi connectivity index (χ3v) is 5.03. The van der Waals surface area contributed by atoms with Gasteiger partial charge in [-0.1, -0.05) is 36.4 Å². The second kappa shape index (κ2) is 8.73. The van der Waals surface area contributed by atoms with Crippen molar-refractivity contribution in [2.45, 2.75) is 6.54 Å². The van der Waals surface area contributed by atoms with Crippen LogP contribution in [0.2, 0.25) is 0 Å². The van der Waals surface area contributed by atoms with Crippen molar-refractivity contribution in [2.75, 3.05) is 12.4 Å². The van der Waals surface area contributed by atoms with E-state index in [0.717, 1.165) is 16.5 Å². The van der Waals surface area contributed by atoms with E-state index in [1.807, 2.05) is 65.4 Å². The average Bonchev–Trinajstić information content (AvgIpc) is 3.18. The van der Waals surface area contributed by atoms with E-state index >= 15 is 0 Å². The molecule has 0 radical (unpaired) electrons. The van der Waals surface area contributed by atoms with Gasteiger partial charge in [0.05, 0.1) is 12.7 Å². The van der Waals surface area contributed by atoms with E-state index in [1.54, 1.807) is 30.8 Å². The Labute approximate surface area is 178 Å². The van der Waals surface area contributed by atoms with Crippen molar-refractivity contribution in [3.8, 4) is 5.75 Å². The summed E-state index contributed by atoms with van der Waals surface area (Å²) in [5.41, 5.74) is 5.08. The number of fused-ring (bicyclic) bond motifs is 1. The Hall–Kier alpha value is -4.10. The van der Waals surface area contributed by atoms with Gasteiger partial charge in [0.25, 0.3) is 11.8 Å². The Balaban J connectivity index is 1.62. The highest BCUT2D eigenvalue weighted by Gasteiger charge is 2.16. The van der Waals surface area contributed by atoms with Crippen molar-refractivity contribution in [3.63, 3.8) is 0 Å². The molecule has 7 heteroatoms. The maximum Gasteiger partial charge on any atom is 0.274 e. The highest BCUT2D eigenvalue weighted by molar-refractivity contribution is 6.13. The van der Waals surface area contributed by atoms with Crippen molar-refractivity contribution in [1.82, 2.24) is 10.0 Å². The van der Waals surface area contributed by atoms with E-state index < -0.39 is 5.91 Å². The van der Waals surface area contributed by atoms with Crippen LogP contribution in [0.15, 0.2) is 79.0 Å². The van der Waals surface area contributed by atoms with Gasteiger partial charge in [-0.25, -0.2) is 5.48 Å². The molecule has 0 aliphatic rings. The lowest BCUT2D eigenvalue weighted by atomic mass is 10.1. The molecule has 3 N–H and O–H groups in total. The molecule has 3 aromatic carbocycles. The van der Waals surface area contributed by atoms with E-state index in [4.69, 9.17) is 9.94 Å². The van der Waals surface area contributed by atoms with Crippen LogP contribution in [0.25, 0.3) is 10.9 Å². The molecule has 7 nitrogen and oxygen atoms in total. The third kappa shape index (κ3) is 4.26. The molecular formula is C24H21N3O4. The SMILES string of the molecule is COc1cccc(NC(=O)c2cn(Cc3ccc(C(=O)NO)cc3)c3ccccc23)c1. The van der Waals surface area contributed by atoms with Gasteiger partial charge in [-0.05, 0) is 35.9 Å². The van der Waals surface area contributed by atoms with Crippen LogP contribution in [-0.4, -0.2) is 28.7 Å². The third-order valence-electron chi connectivity index (χ3n) is 5.03. The van der Waals surface area contributed by atoms with Crippen molar-refractivity contribution < 1.29 is 19.5 Å². The number of carbonyl (C=O) groups is 2. The van der Waals surface area contributed by atoms with E-state index in [-0.39, 0.29) is 5.91 Å². The Morgan fingerprint density at radius 2 is 1.74 bits per heavy atom. The number of anilines is 1. The zero-order chi connectivity index (χ0) is 21.8. The minimum atomic E-state index is -0.561. The van der Waals surface area contributed by atoms with Crippen molar-refractivity contribution in [3.05, 3.63) is 95.7 Å². The van der Waals surface area contributed by atoms with Crippen LogP contribution in [-0.2, 0) is 6.54 Å². The van der Waals surface area contributed by atoms with Crippen LogP contribution in [0.1, 0.15) is 26.3 Å². The molecule has 0 saturated heterocycles. The lowest BCUT2D eigenvalue weighted by molar-refractivity contribution is 0.0706. The fraction of sp³-hybridized carbons (Fsp3) is 0.0833. The number of rotatable bonds is 6. The van der Waals surface area contributed by atoms with Crippen molar-refractivity contribution in [2.24, 2.45) is 0 Å². The average molecular weight is 415 g/mol. The molecule has 0 unspecified atom stereocenters. The van der Waals surface area contributed by atoms with E-state index in [2.05, 4.69) is 5.32 Å². The summed E-state index contributed by atoms with van der Waals surface area (Å²) in [5, 5.41) is 12.5. The molecule has 4 aromatic rings. The lowest BCUT2D eigenvalue weighted by Gasteiger charge is -2.07. The summed E-state index contributed by atoms with van der Waals surface area (Å²) in [6.07, 6.45) is 1.83. The number of para-hydroxylation sites is 1. The molecule has 31 heavy (non-hydrogen) atoms. The summed E-state index contributed by atoms with van der Waals surface area (Å²) in [7, 11) is 1.58. The van der Waals surface area contributed by atoms with Gasteiger partial charge in [0.1, 0.15) is 5.75 Å². The summed E-state index contributed by atoms with van der Waals surface area (Å²) in [6.45, 7) is 0.522. The highest BCUT2D eigenvalue weighted by Crippen LogP contribution is 2.24. The van der Waals surface area contributed by atoms with Gasteiger partial charge < -0.3 is 14.6 Å². The molecule has 0 saturated carbocycles. The number of carbonyl (C=O) groups excluding carboxylic acids is 2. The van der Waals surface area contributed by atoms with Gasteiger partial charge in [-0.3, -0.25) is 14.8 Å². The van der Waals surface area contributed by atoms with Crippen molar-refractivity contribution in [1.29, 1.82) is 0 Å². The summed E-state index contributed by atoms with van der Waals surface area (Å²) in [6, 6.07) is 21.8. The Morgan fingerprint density at radius 3 is 2.48 bits per heavy atom. The molecule has 4 rings (SSSR count). The summed E-state index contributed by atoms with van der Waals surface area (Å²) in [4.78, 5) is 24.5. The van der Waals surface area contributed by atoms with Crippen LogP contribution >= 0.6 is 0 Å². The van der Waals surface area contributed by atoms with E-state index in [9.17, 15) is 9.59 Å². The quantitative estimate of drug-likeness (QED) is 0.327. The molecular weight excluding hydrogens is 394 g/mol. The van der Waals surface area contributed by atoms with Crippen LogP contribution in [0.5, 0.6) is 5.75 Å². The fourth-order valence-corrected chi connectivity index (χ4v) is 3.48. The predicted octanol–water partition coefficient (Wildman–Crippen LogP) is 4.07. The summed E-state index contributed by atoms with van der Waals surface area (Å²) < 4.78 is 7.22. The first kappa shape index (κ1) is 20.2. The van der Waals surface area contributed by atoms with Crippen LogP contribution in [0.3, 0.4) is 0 Å². The molecule has 2 amide bonds. The van der Waals surface area contributed by atoms with Gasteiger partial charge in [0.2, 0.25) is 0 Å². The minimum absolute atomic E-state index is 0.210. The topological polar surface area (TPSA) is 92.6 Å². The number of aromatic nitrogens is 1. The number of nitrogens with one attached hydrogen (secondary N) is 2. The first-order valence-electron chi connectivity index (χ1n) is 9.65. The normalized spacial score (nSPS) is 10.6. The molecule has 0 aliphatic carbocycles. The number of benzene rings is 3. The molecule has 0 spiro atoms. The second-order valence-corrected chi connectivity index (χ2v) is 7.01. The first-order valence-corrected chi connectivity index (χ1v) is 9.65. The zero-order valence-electron chi connectivity index (χ0n) is 16.8. The molecule has 0 atom stereocenters. The minimum Gasteiger partial charge on any atom is -0.497 e. The van der Waals surface area contributed by atoms with E-state index in [1.165, 1.54) is 0 Å². The van der Waals surface area contributed by atoms with Gasteiger partial charge in [0, 0.05) is 41.0 Å². The van der Waals surface area contributed by atoms with Gasteiger partial charge in [-0.2, -0.15) is 0 Å². The van der Waals surface area contributed by atoms with Crippen LogP contribution < -0.4 is 15.5 Å². The second-order valence-electron chi connectivity index (χ2n) is 7.01. The Bertz CT molecular complexity index is 1250. The van der Waals surface area contributed by atoms with Crippen LogP contribution in [0.4, 0.5) is 5.69 Å². The smallest absolute Gasteiger partial charge is 0.274 e. The van der Waals surface area contributed by atoms with Gasteiger partial charge in [-0.15, -0.1) is 0 Å². The molecule has 0 bridgehead atoms. The largest absolute Gasteiger partial charge is 0.497 e. The number of amides is 2. The lowest BCUT2D eigenvalue weighted by Crippen LogP contribution is -2.18. The number of hydrogen-bond donors (Lipinski definition) is 3. The first-order chi connectivity index (χ1) is 15.1. The number of ether oxygens (including phenoxy) is 1. The van der Waals surface area contributed by atoms with Gasteiger partial charge >= 0.3 is 0 Å². The van der Waals surface area contributed by atoms with E-state index in [0.29, 0.717) is 29.1 Å². The monoisotopic (exact) mass is 415 g/mol. The molecule has 0 aliphatic heterocycles. The standard InChI is InChI=1S/C24H21N3O4/c1-31-19-6-4-5-18(13-19)25-24(29)21-15-27(22-8-3-2-7-20(21)22)14-16-9-11-17(12-10-16)23(28)26-30/h2-13,15,30H,14H2,1H3,(H,25,29)(H,26,28). The number of hydroxylamine groups is 1. The molecule has 1 aromatic heterocycles. The predicted molar refractivity (Wildman–Crippen MR) is 118 cm³/mol. The maximum atomic E-state index is 13.0. The number of methoxy groups -OCH3 is 1. The molecule has 156 valence electrons. The van der Waals surface area contributed by atoms with Crippen molar-refractivity contribution >= 4 is 28.4 Å². The summed E-state index contributed by atoms with van der Waals surface area (Å²) in [5.74, 6) is -0.105. The summed E-state index contributed by atoms with van der Waals surface area (Å²) >= 11 is 0. The fourth-order valence-electron chi connectivity index (χ4n) is 3.48. The maximum absolute atomic E-state index is 13.0. The zero-order valence-corrected chi connectivity index (χ0v) is 16.8. The Kier molecular flexibility index (Phi) is 5.68.